The fourth-order valence-electron chi connectivity index (χ4n) is 2.83. The number of hydrogen-bond donors (Lipinski definition) is 1. The maximum absolute atomic E-state index is 4.23. The van der Waals surface area contributed by atoms with E-state index in [1.165, 1.54) is 41.5 Å². The maximum Gasteiger partial charge on any atom is 0.0534 e. The minimum absolute atomic E-state index is 0.314. The van der Waals surface area contributed by atoms with E-state index in [2.05, 4.69) is 48.4 Å². The van der Waals surface area contributed by atoms with E-state index in [9.17, 15) is 0 Å². The number of pyridine rings is 1. The molecule has 0 spiro atoms. The first-order valence-corrected chi connectivity index (χ1v) is 7.02. The lowest BCUT2D eigenvalue weighted by Gasteiger charge is -2.17. The number of nitrogens with zero attached hydrogens (tertiary/aromatic N) is 1. The predicted octanol–water partition coefficient (Wildman–Crippen LogP) is 4.05. The molecule has 1 atom stereocenters. The van der Waals surface area contributed by atoms with Gasteiger partial charge in [-0.25, -0.2) is 0 Å². The van der Waals surface area contributed by atoms with Crippen molar-refractivity contribution in [2.24, 2.45) is 0 Å². The molecular formula is C17H20N2. The van der Waals surface area contributed by atoms with Gasteiger partial charge < -0.3 is 5.32 Å². The van der Waals surface area contributed by atoms with Crippen LogP contribution in [0.3, 0.4) is 0 Å². The van der Waals surface area contributed by atoms with Gasteiger partial charge in [0.15, 0.2) is 0 Å². The molecule has 0 amide bonds. The van der Waals surface area contributed by atoms with Crippen LogP contribution in [0.5, 0.6) is 0 Å². The Kier molecular flexibility index (Phi) is 3.24. The lowest BCUT2D eigenvalue weighted by molar-refractivity contribution is 0.877. The summed E-state index contributed by atoms with van der Waals surface area (Å²) >= 11 is 0. The number of aryl methyl sites for hydroxylation is 3. The third kappa shape index (κ3) is 2.62. The molecule has 2 nitrogen and oxygen atoms in total. The zero-order valence-corrected chi connectivity index (χ0v) is 11.6. The Morgan fingerprint density at radius 2 is 1.95 bits per heavy atom. The molecule has 1 unspecified atom stereocenters. The molecule has 1 aromatic heterocycles. The number of aromatic nitrogens is 1. The molecule has 1 aromatic carbocycles. The molecule has 1 aliphatic rings. The van der Waals surface area contributed by atoms with E-state index in [-0.39, 0.29) is 0 Å². The topological polar surface area (TPSA) is 24.9 Å². The van der Waals surface area contributed by atoms with Crippen molar-refractivity contribution in [2.75, 3.05) is 5.32 Å². The average molecular weight is 252 g/mol. The Morgan fingerprint density at radius 3 is 2.79 bits per heavy atom. The van der Waals surface area contributed by atoms with Crippen LogP contribution >= 0.6 is 0 Å². The highest BCUT2D eigenvalue weighted by atomic mass is 14.9. The summed E-state index contributed by atoms with van der Waals surface area (Å²) in [6.45, 7) is 4.28. The Labute approximate surface area is 114 Å². The molecule has 19 heavy (non-hydrogen) atoms. The molecule has 0 saturated heterocycles. The van der Waals surface area contributed by atoms with E-state index in [0.717, 1.165) is 5.69 Å². The second-order valence-corrected chi connectivity index (χ2v) is 5.50. The minimum Gasteiger partial charge on any atom is -0.377 e. The molecule has 0 aliphatic heterocycles. The fourth-order valence-corrected chi connectivity index (χ4v) is 2.83. The van der Waals surface area contributed by atoms with Crippen LogP contribution in [0.15, 0.2) is 36.7 Å². The zero-order chi connectivity index (χ0) is 13.2. The third-order valence-electron chi connectivity index (χ3n) is 3.88. The predicted molar refractivity (Wildman–Crippen MR) is 79.5 cm³/mol. The number of fused-ring (bicyclic) bond motifs is 1. The van der Waals surface area contributed by atoms with E-state index in [1.54, 1.807) is 0 Å². The molecule has 2 aromatic rings. The molecule has 0 saturated carbocycles. The maximum atomic E-state index is 4.23. The van der Waals surface area contributed by atoms with Crippen molar-refractivity contribution < 1.29 is 0 Å². The number of hydrogen-bond acceptors (Lipinski definition) is 2. The number of nitrogens with one attached hydrogen (secondary N) is 1. The molecule has 2 heteroatoms. The molecule has 0 fully saturated rings. The summed E-state index contributed by atoms with van der Waals surface area (Å²) < 4.78 is 0. The van der Waals surface area contributed by atoms with Gasteiger partial charge in [-0.3, -0.25) is 4.98 Å². The van der Waals surface area contributed by atoms with E-state index in [1.807, 2.05) is 12.4 Å². The van der Waals surface area contributed by atoms with Crippen LogP contribution in [0, 0.1) is 6.92 Å². The van der Waals surface area contributed by atoms with Crippen molar-refractivity contribution in [3.05, 3.63) is 58.9 Å². The van der Waals surface area contributed by atoms with Crippen molar-refractivity contribution in [2.45, 2.75) is 39.2 Å². The number of rotatable bonds is 3. The number of anilines is 1. The van der Waals surface area contributed by atoms with E-state index in [4.69, 9.17) is 0 Å². The molecule has 1 heterocycles. The largest absolute Gasteiger partial charge is 0.377 e. The Bertz CT molecular complexity index is 590. The summed E-state index contributed by atoms with van der Waals surface area (Å²) in [6, 6.07) is 9.37. The van der Waals surface area contributed by atoms with E-state index >= 15 is 0 Å². The van der Waals surface area contributed by atoms with Gasteiger partial charge in [0.05, 0.1) is 5.69 Å². The lowest BCUT2D eigenvalue weighted by Crippen LogP contribution is -2.07. The van der Waals surface area contributed by atoms with Crippen molar-refractivity contribution in [3.63, 3.8) is 0 Å². The van der Waals surface area contributed by atoms with Crippen LogP contribution in [-0.2, 0) is 12.8 Å². The SMILES string of the molecule is Cc1cncc(NC(C)c2ccc3c(c2)CCC3)c1. The van der Waals surface area contributed by atoms with Crippen molar-refractivity contribution >= 4 is 5.69 Å². The van der Waals surface area contributed by atoms with Gasteiger partial charge in [-0.1, -0.05) is 18.2 Å². The van der Waals surface area contributed by atoms with Crippen LogP contribution in [0.1, 0.15) is 41.6 Å². The van der Waals surface area contributed by atoms with Gasteiger partial charge in [-0.05, 0) is 61.4 Å². The van der Waals surface area contributed by atoms with Crippen molar-refractivity contribution in [3.8, 4) is 0 Å². The molecule has 0 bridgehead atoms. The summed E-state index contributed by atoms with van der Waals surface area (Å²) in [4.78, 5) is 4.23. The Hall–Kier alpha value is -1.83. The van der Waals surface area contributed by atoms with Crippen LogP contribution < -0.4 is 5.32 Å². The van der Waals surface area contributed by atoms with Gasteiger partial charge in [0.25, 0.3) is 0 Å². The van der Waals surface area contributed by atoms with Crippen LogP contribution in [0.4, 0.5) is 5.69 Å². The van der Waals surface area contributed by atoms with Crippen molar-refractivity contribution in [1.29, 1.82) is 0 Å². The Morgan fingerprint density at radius 1 is 1.11 bits per heavy atom. The van der Waals surface area contributed by atoms with E-state index < -0.39 is 0 Å². The van der Waals surface area contributed by atoms with Crippen molar-refractivity contribution in [1.82, 2.24) is 4.98 Å². The first-order chi connectivity index (χ1) is 9.22. The molecule has 98 valence electrons. The monoisotopic (exact) mass is 252 g/mol. The molecule has 3 rings (SSSR count). The van der Waals surface area contributed by atoms with Crippen LogP contribution in [-0.4, -0.2) is 4.98 Å². The number of benzene rings is 1. The summed E-state index contributed by atoms with van der Waals surface area (Å²) in [5.41, 5.74) is 6.71. The molecule has 1 aliphatic carbocycles. The van der Waals surface area contributed by atoms with Gasteiger partial charge >= 0.3 is 0 Å². The van der Waals surface area contributed by atoms with Gasteiger partial charge in [0.2, 0.25) is 0 Å². The smallest absolute Gasteiger partial charge is 0.0534 e. The second-order valence-electron chi connectivity index (χ2n) is 5.50. The fraction of sp³-hybridized carbons (Fsp3) is 0.353. The summed E-state index contributed by atoms with van der Waals surface area (Å²) in [7, 11) is 0. The molecule has 1 N–H and O–H groups in total. The van der Waals surface area contributed by atoms with Gasteiger partial charge in [-0.2, -0.15) is 0 Å². The first-order valence-electron chi connectivity index (χ1n) is 7.02. The quantitative estimate of drug-likeness (QED) is 0.891. The average Bonchev–Trinajstić information content (AvgIpc) is 2.85. The van der Waals surface area contributed by atoms with E-state index in [0.29, 0.717) is 6.04 Å². The zero-order valence-electron chi connectivity index (χ0n) is 11.6. The highest BCUT2D eigenvalue weighted by Gasteiger charge is 2.13. The standard InChI is InChI=1S/C17H20N2/c1-12-8-17(11-18-10-12)19-13(2)15-7-6-14-4-3-5-16(14)9-15/h6-11,13,19H,3-5H2,1-2H3. The van der Waals surface area contributed by atoms with Crippen LogP contribution in [0.25, 0.3) is 0 Å². The first kappa shape index (κ1) is 12.2. The highest BCUT2D eigenvalue weighted by Crippen LogP contribution is 2.26. The van der Waals surface area contributed by atoms with Crippen LogP contribution in [0.2, 0.25) is 0 Å². The Balaban J connectivity index is 1.78. The minimum atomic E-state index is 0.314. The third-order valence-corrected chi connectivity index (χ3v) is 3.88. The molecule has 0 radical (unpaired) electrons. The summed E-state index contributed by atoms with van der Waals surface area (Å²) in [5, 5.41) is 3.53. The lowest BCUT2D eigenvalue weighted by atomic mass is 10.0. The highest BCUT2D eigenvalue weighted by molar-refractivity contribution is 5.46. The second kappa shape index (κ2) is 5.04. The normalized spacial score (nSPS) is 15.1. The van der Waals surface area contributed by atoms with Gasteiger partial charge in [-0.15, -0.1) is 0 Å². The summed E-state index contributed by atoms with van der Waals surface area (Å²) in [5.74, 6) is 0. The molecular weight excluding hydrogens is 232 g/mol. The summed E-state index contributed by atoms with van der Waals surface area (Å²) in [6.07, 6.45) is 7.56. The van der Waals surface area contributed by atoms with Gasteiger partial charge in [0.1, 0.15) is 0 Å². The van der Waals surface area contributed by atoms with Gasteiger partial charge in [0, 0.05) is 18.4 Å².